The molecule has 3 unspecified atom stereocenters. The fourth-order valence-electron chi connectivity index (χ4n) is 2.67. The highest BCUT2D eigenvalue weighted by atomic mass is 16.5. The number of aliphatic hydroxyl groups is 1. The first-order chi connectivity index (χ1) is 8.36. The predicted molar refractivity (Wildman–Crippen MR) is 74.8 cm³/mol. The molecule has 4 nitrogen and oxygen atoms in total. The Balaban J connectivity index is 2.30. The van der Waals surface area contributed by atoms with Crippen LogP contribution in [0.15, 0.2) is 12.2 Å². The molecule has 0 saturated carbocycles. The van der Waals surface area contributed by atoms with Gasteiger partial charge < -0.3 is 9.84 Å². The van der Waals surface area contributed by atoms with Crippen LogP contribution in [0.4, 0.5) is 0 Å². The topological polar surface area (TPSA) is 35.9 Å². The predicted octanol–water partition coefficient (Wildman–Crippen LogP) is 0.964. The van der Waals surface area contributed by atoms with Crippen LogP contribution in [0.5, 0.6) is 0 Å². The van der Waals surface area contributed by atoms with Crippen LogP contribution in [-0.4, -0.2) is 73.0 Å². The molecular weight excluding hydrogens is 228 g/mol. The van der Waals surface area contributed by atoms with E-state index in [1.807, 2.05) is 14.0 Å². The van der Waals surface area contributed by atoms with Crippen molar-refractivity contribution >= 4 is 0 Å². The Hall–Kier alpha value is -0.420. The SMILES string of the molecule is C=C(C)CN(C)CC(O)CN1CC(C)OC(C)C1. The Morgan fingerprint density at radius 3 is 2.50 bits per heavy atom. The summed E-state index contributed by atoms with van der Waals surface area (Å²) in [6.45, 7) is 14.1. The fraction of sp³-hybridized carbons (Fsp3) is 0.857. The lowest BCUT2D eigenvalue weighted by Gasteiger charge is -2.36. The minimum absolute atomic E-state index is 0.258. The van der Waals surface area contributed by atoms with Crippen LogP contribution >= 0.6 is 0 Å². The van der Waals surface area contributed by atoms with Gasteiger partial charge in [0.25, 0.3) is 0 Å². The fourth-order valence-corrected chi connectivity index (χ4v) is 2.67. The molecule has 1 rings (SSSR count). The van der Waals surface area contributed by atoms with Gasteiger partial charge in [-0.2, -0.15) is 0 Å². The highest BCUT2D eigenvalue weighted by Crippen LogP contribution is 2.11. The zero-order chi connectivity index (χ0) is 13.7. The van der Waals surface area contributed by atoms with Gasteiger partial charge in [0.1, 0.15) is 0 Å². The molecule has 0 aromatic heterocycles. The van der Waals surface area contributed by atoms with Gasteiger partial charge in [0.2, 0.25) is 0 Å². The maximum atomic E-state index is 10.1. The van der Waals surface area contributed by atoms with Crippen LogP contribution in [0.1, 0.15) is 20.8 Å². The maximum Gasteiger partial charge on any atom is 0.0793 e. The van der Waals surface area contributed by atoms with Crippen LogP contribution in [0.25, 0.3) is 0 Å². The third-order valence-electron chi connectivity index (χ3n) is 3.03. The second-order valence-corrected chi connectivity index (χ2v) is 5.78. The molecule has 0 aliphatic carbocycles. The van der Waals surface area contributed by atoms with E-state index in [2.05, 4.69) is 30.2 Å². The molecule has 1 fully saturated rings. The zero-order valence-corrected chi connectivity index (χ0v) is 12.2. The number of aliphatic hydroxyl groups excluding tert-OH is 1. The Kier molecular flexibility index (Phi) is 6.29. The Morgan fingerprint density at radius 2 is 2.00 bits per heavy atom. The van der Waals surface area contributed by atoms with Crippen molar-refractivity contribution in [2.45, 2.75) is 39.1 Å². The van der Waals surface area contributed by atoms with Crippen molar-refractivity contribution in [1.29, 1.82) is 0 Å². The van der Waals surface area contributed by atoms with Gasteiger partial charge in [-0.15, -0.1) is 0 Å². The number of hydrogen-bond acceptors (Lipinski definition) is 4. The summed E-state index contributed by atoms with van der Waals surface area (Å²) in [5.74, 6) is 0. The molecule has 18 heavy (non-hydrogen) atoms. The Labute approximate surface area is 111 Å². The summed E-state index contributed by atoms with van der Waals surface area (Å²) in [5, 5.41) is 10.1. The average Bonchev–Trinajstić information content (AvgIpc) is 2.12. The monoisotopic (exact) mass is 256 g/mol. The molecule has 0 radical (unpaired) electrons. The molecule has 1 N–H and O–H groups in total. The third-order valence-corrected chi connectivity index (χ3v) is 3.03. The molecule has 106 valence electrons. The molecule has 0 spiro atoms. The van der Waals surface area contributed by atoms with Gasteiger partial charge in [-0.1, -0.05) is 12.2 Å². The van der Waals surface area contributed by atoms with E-state index >= 15 is 0 Å². The van der Waals surface area contributed by atoms with Gasteiger partial charge in [-0.25, -0.2) is 0 Å². The molecule has 0 amide bonds. The van der Waals surface area contributed by atoms with Gasteiger partial charge in [-0.3, -0.25) is 9.80 Å². The van der Waals surface area contributed by atoms with E-state index in [4.69, 9.17) is 4.74 Å². The third kappa shape index (κ3) is 5.96. The number of ether oxygens (including phenoxy) is 1. The van der Waals surface area contributed by atoms with Crippen molar-refractivity contribution in [2.75, 3.05) is 39.8 Å². The number of likely N-dealkylation sites (N-methyl/N-ethyl adjacent to an activating group) is 1. The number of rotatable bonds is 6. The van der Waals surface area contributed by atoms with E-state index in [-0.39, 0.29) is 18.3 Å². The Bertz CT molecular complexity index is 261. The van der Waals surface area contributed by atoms with Crippen LogP contribution in [-0.2, 0) is 4.74 Å². The first-order valence-electron chi connectivity index (χ1n) is 6.75. The summed E-state index contributed by atoms with van der Waals surface area (Å²) in [7, 11) is 2.02. The van der Waals surface area contributed by atoms with Crippen molar-refractivity contribution in [1.82, 2.24) is 9.80 Å². The number of β-amino-alcohol motifs (C(OH)–C–C–N with tert-alkyl or cyclic N) is 1. The van der Waals surface area contributed by atoms with E-state index in [1.54, 1.807) is 0 Å². The molecule has 1 aliphatic rings. The second-order valence-electron chi connectivity index (χ2n) is 5.78. The summed E-state index contributed by atoms with van der Waals surface area (Å²) in [6.07, 6.45) is 0.204. The van der Waals surface area contributed by atoms with Gasteiger partial charge in [-0.05, 0) is 27.8 Å². The van der Waals surface area contributed by atoms with Gasteiger partial charge >= 0.3 is 0 Å². The lowest BCUT2D eigenvalue weighted by molar-refractivity contribution is -0.0775. The summed E-state index contributed by atoms with van der Waals surface area (Å²) in [4.78, 5) is 4.40. The number of morpholine rings is 1. The van der Waals surface area contributed by atoms with E-state index < -0.39 is 0 Å². The molecule has 1 saturated heterocycles. The molecule has 0 aromatic carbocycles. The van der Waals surface area contributed by atoms with Crippen molar-refractivity contribution in [3.63, 3.8) is 0 Å². The van der Waals surface area contributed by atoms with E-state index in [9.17, 15) is 5.11 Å². The zero-order valence-electron chi connectivity index (χ0n) is 12.2. The van der Waals surface area contributed by atoms with Crippen LogP contribution in [0.2, 0.25) is 0 Å². The first-order valence-corrected chi connectivity index (χ1v) is 6.75. The second kappa shape index (κ2) is 7.24. The number of hydrogen-bond donors (Lipinski definition) is 1. The highest BCUT2D eigenvalue weighted by molar-refractivity contribution is 4.91. The van der Waals surface area contributed by atoms with E-state index in [1.165, 1.54) is 0 Å². The Morgan fingerprint density at radius 1 is 1.44 bits per heavy atom. The van der Waals surface area contributed by atoms with Crippen LogP contribution < -0.4 is 0 Å². The van der Waals surface area contributed by atoms with Crippen molar-refractivity contribution in [3.05, 3.63) is 12.2 Å². The summed E-state index contributed by atoms with van der Waals surface area (Å²) >= 11 is 0. The van der Waals surface area contributed by atoms with E-state index in [0.29, 0.717) is 6.54 Å². The van der Waals surface area contributed by atoms with Gasteiger partial charge in [0, 0.05) is 32.7 Å². The molecule has 3 atom stereocenters. The van der Waals surface area contributed by atoms with E-state index in [0.717, 1.165) is 31.8 Å². The van der Waals surface area contributed by atoms with Crippen molar-refractivity contribution in [2.24, 2.45) is 0 Å². The summed E-state index contributed by atoms with van der Waals surface area (Å²) < 4.78 is 5.69. The molecular formula is C14H28N2O2. The van der Waals surface area contributed by atoms with Crippen LogP contribution in [0, 0.1) is 0 Å². The van der Waals surface area contributed by atoms with Crippen LogP contribution in [0.3, 0.4) is 0 Å². The molecule has 1 heterocycles. The van der Waals surface area contributed by atoms with Crippen molar-refractivity contribution in [3.8, 4) is 0 Å². The molecule has 4 heteroatoms. The normalized spacial score (nSPS) is 27.4. The first kappa shape index (κ1) is 15.6. The minimum atomic E-state index is -0.313. The quantitative estimate of drug-likeness (QED) is 0.718. The number of nitrogens with zero attached hydrogens (tertiary/aromatic N) is 2. The van der Waals surface area contributed by atoms with Gasteiger partial charge in [0.05, 0.1) is 18.3 Å². The summed E-state index contributed by atoms with van der Waals surface area (Å²) in [5.41, 5.74) is 1.12. The standard InChI is InChI=1S/C14H28N2O2/c1-11(2)6-15(5)9-14(17)10-16-7-12(3)18-13(4)8-16/h12-14,17H,1,6-10H2,2-5H3. The maximum absolute atomic E-state index is 10.1. The summed E-state index contributed by atoms with van der Waals surface area (Å²) in [6, 6.07) is 0. The van der Waals surface area contributed by atoms with Crippen molar-refractivity contribution < 1.29 is 9.84 Å². The average molecular weight is 256 g/mol. The lowest BCUT2D eigenvalue weighted by Crippen LogP contribution is -2.49. The molecule has 0 aromatic rings. The highest BCUT2D eigenvalue weighted by Gasteiger charge is 2.24. The smallest absolute Gasteiger partial charge is 0.0793 e. The minimum Gasteiger partial charge on any atom is -0.390 e. The molecule has 1 aliphatic heterocycles. The molecule has 0 bridgehead atoms. The lowest BCUT2D eigenvalue weighted by atomic mass is 10.2. The largest absolute Gasteiger partial charge is 0.390 e. The van der Waals surface area contributed by atoms with Gasteiger partial charge in [0.15, 0.2) is 0 Å².